The SMILES string of the molecule is CCCCCCCCCCCCCCOc1ccc(C(=O)CC)o1. The van der Waals surface area contributed by atoms with Crippen LogP contribution < -0.4 is 4.74 Å². The normalized spacial score (nSPS) is 10.9. The standard InChI is InChI=1S/C21H36O3/c1-3-5-6-7-8-9-10-11-12-13-14-15-18-23-21-17-16-20(24-21)19(22)4-2/h16-17H,3-15,18H2,1-2H3. The van der Waals surface area contributed by atoms with Gasteiger partial charge in [-0.05, 0) is 12.5 Å². The van der Waals surface area contributed by atoms with Crippen molar-refractivity contribution < 1.29 is 13.9 Å². The van der Waals surface area contributed by atoms with Gasteiger partial charge in [-0.2, -0.15) is 0 Å². The molecule has 0 aliphatic heterocycles. The maximum atomic E-state index is 11.5. The van der Waals surface area contributed by atoms with Crippen LogP contribution in [0.3, 0.4) is 0 Å². The van der Waals surface area contributed by atoms with Crippen molar-refractivity contribution in [1.82, 2.24) is 0 Å². The van der Waals surface area contributed by atoms with Crippen LogP contribution in [0.2, 0.25) is 0 Å². The summed E-state index contributed by atoms with van der Waals surface area (Å²) < 4.78 is 10.9. The van der Waals surface area contributed by atoms with E-state index in [2.05, 4.69) is 6.92 Å². The first-order valence-electron chi connectivity index (χ1n) is 10.0. The summed E-state index contributed by atoms with van der Waals surface area (Å²) in [4.78, 5) is 11.5. The average molecular weight is 337 g/mol. The van der Waals surface area contributed by atoms with Crippen LogP contribution in [0.15, 0.2) is 16.5 Å². The van der Waals surface area contributed by atoms with Gasteiger partial charge in [0.1, 0.15) is 0 Å². The molecule has 3 nitrogen and oxygen atoms in total. The Balaban J connectivity index is 1.87. The van der Waals surface area contributed by atoms with E-state index in [4.69, 9.17) is 9.15 Å². The Labute approximate surface area is 148 Å². The van der Waals surface area contributed by atoms with Gasteiger partial charge >= 0.3 is 0 Å². The van der Waals surface area contributed by atoms with Crippen molar-refractivity contribution in [2.75, 3.05) is 6.61 Å². The van der Waals surface area contributed by atoms with Gasteiger partial charge in [-0.25, -0.2) is 0 Å². The first-order valence-corrected chi connectivity index (χ1v) is 10.0. The van der Waals surface area contributed by atoms with Crippen LogP contribution in [0.1, 0.15) is 108 Å². The molecule has 1 heterocycles. The Hall–Kier alpha value is -1.25. The first kappa shape index (κ1) is 20.8. The van der Waals surface area contributed by atoms with Gasteiger partial charge in [0, 0.05) is 12.5 Å². The number of hydrogen-bond donors (Lipinski definition) is 0. The van der Waals surface area contributed by atoms with E-state index < -0.39 is 0 Å². The molecule has 1 rings (SSSR count). The second-order valence-electron chi connectivity index (χ2n) is 6.63. The van der Waals surface area contributed by atoms with E-state index in [-0.39, 0.29) is 5.78 Å². The molecule has 0 saturated carbocycles. The number of furan rings is 1. The lowest BCUT2D eigenvalue weighted by atomic mass is 10.1. The van der Waals surface area contributed by atoms with Crippen molar-refractivity contribution in [2.45, 2.75) is 97.3 Å². The van der Waals surface area contributed by atoms with E-state index in [1.807, 2.05) is 6.92 Å². The van der Waals surface area contributed by atoms with Crippen LogP contribution >= 0.6 is 0 Å². The zero-order chi connectivity index (χ0) is 17.5. The van der Waals surface area contributed by atoms with Crippen LogP contribution in [-0.2, 0) is 0 Å². The highest BCUT2D eigenvalue weighted by atomic mass is 16.6. The highest BCUT2D eigenvalue weighted by Gasteiger charge is 2.09. The van der Waals surface area contributed by atoms with Gasteiger partial charge in [-0.1, -0.05) is 84.5 Å². The van der Waals surface area contributed by atoms with E-state index in [0.717, 1.165) is 6.42 Å². The fourth-order valence-corrected chi connectivity index (χ4v) is 2.84. The molecule has 0 unspecified atom stereocenters. The molecule has 0 atom stereocenters. The van der Waals surface area contributed by atoms with E-state index in [9.17, 15) is 4.79 Å². The lowest BCUT2D eigenvalue weighted by Gasteiger charge is -2.04. The second kappa shape index (κ2) is 14.1. The van der Waals surface area contributed by atoms with Crippen molar-refractivity contribution in [2.24, 2.45) is 0 Å². The quantitative estimate of drug-likeness (QED) is 0.242. The number of carbonyl (C=O) groups excluding carboxylic acids is 1. The van der Waals surface area contributed by atoms with Crippen molar-refractivity contribution in [1.29, 1.82) is 0 Å². The molecule has 138 valence electrons. The van der Waals surface area contributed by atoms with E-state index in [1.54, 1.807) is 12.1 Å². The minimum absolute atomic E-state index is 0.0233. The molecule has 0 N–H and O–H groups in total. The lowest BCUT2D eigenvalue weighted by Crippen LogP contribution is -1.97. The van der Waals surface area contributed by atoms with Crippen LogP contribution in [0.4, 0.5) is 0 Å². The number of Topliss-reactive ketones (excluding diaryl/α,β-unsaturated/α-hetero) is 1. The van der Waals surface area contributed by atoms with E-state index in [0.29, 0.717) is 24.7 Å². The van der Waals surface area contributed by atoms with Gasteiger partial charge in [0.05, 0.1) is 6.61 Å². The molecule has 0 aliphatic rings. The lowest BCUT2D eigenvalue weighted by molar-refractivity contribution is 0.0952. The second-order valence-corrected chi connectivity index (χ2v) is 6.63. The van der Waals surface area contributed by atoms with Gasteiger partial charge in [0.2, 0.25) is 0 Å². The monoisotopic (exact) mass is 336 g/mol. The third-order valence-corrected chi connectivity index (χ3v) is 4.42. The zero-order valence-corrected chi connectivity index (χ0v) is 15.8. The number of rotatable bonds is 16. The molecule has 24 heavy (non-hydrogen) atoms. The van der Waals surface area contributed by atoms with Gasteiger partial charge in [0.15, 0.2) is 11.5 Å². The van der Waals surface area contributed by atoms with Gasteiger partial charge < -0.3 is 9.15 Å². The maximum Gasteiger partial charge on any atom is 0.284 e. The average Bonchev–Trinajstić information content (AvgIpc) is 3.07. The number of unbranched alkanes of at least 4 members (excludes halogenated alkanes) is 11. The number of carbonyl (C=O) groups is 1. The first-order chi connectivity index (χ1) is 11.8. The summed E-state index contributed by atoms with van der Waals surface area (Å²) in [6.45, 7) is 4.77. The van der Waals surface area contributed by atoms with Crippen molar-refractivity contribution in [3.8, 4) is 5.95 Å². The van der Waals surface area contributed by atoms with E-state index >= 15 is 0 Å². The smallest absolute Gasteiger partial charge is 0.284 e. The molecule has 0 bridgehead atoms. The fraction of sp³-hybridized carbons (Fsp3) is 0.762. The summed E-state index contributed by atoms with van der Waals surface area (Å²) >= 11 is 0. The van der Waals surface area contributed by atoms with Crippen molar-refractivity contribution >= 4 is 5.78 Å². The molecule has 0 aromatic carbocycles. The fourth-order valence-electron chi connectivity index (χ4n) is 2.84. The summed E-state index contributed by atoms with van der Waals surface area (Å²) in [5, 5.41) is 0. The molecular weight excluding hydrogens is 300 g/mol. The highest BCUT2D eigenvalue weighted by Crippen LogP contribution is 2.18. The minimum Gasteiger partial charge on any atom is -0.465 e. The molecule has 0 saturated heterocycles. The molecule has 1 aromatic rings. The third-order valence-electron chi connectivity index (χ3n) is 4.42. The van der Waals surface area contributed by atoms with Crippen LogP contribution in [0, 0.1) is 0 Å². The summed E-state index contributed by atoms with van der Waals surface area (Å²) in [6.07, 6.45) is 16.5. The summed E-state index contributed by atoms with van der Waals surface area (Å²) in [6, 6.07) is 3.44. The Morgan fingerprint density at radius 3 is 1.92 bits per heavy atom. The van der Waals surface area contributed by atoms with Crippen LogP contribution in [-0.4, -0.2) is 12.4 Å². The molecular formula is C21H36O3. The molecule has 0 fully saturated rings. The molecule has 0 amide bonds. The molecule has 1 aromatic heterocycles. The van der Waals surface area contributed by atoms with Crippen molar-refractivity contribution in [3.05, 3.63) is 17.9 Å². The van der Waals surface area contributed by atoms with E-state index in [1.165, 1.54) is 70.6 Å². The summed E-state index contributed by atoms with van der Waals surface area (Å²) in [5.41, 5.74) is 0. The Kier molecular flexibility index (Phi) is 12.2. The Morgan fingerprint density at radius 1 is 0.833 bits per heavy atom. The maximum absolute atomic E-state index is 11.5. The zero-order valence-electron chi connectivity index (χ0n) is 15.8. The third kappa shape index (κ3) is 9.79. The summed E-state index contributed by atoms with van der Waals surface area (Å²) in [5.74, 6) is 0.896. The molecule has 0 aliphatic carbocycles. The van der Waals surface area contributed by atoms with Gasteiger partial charge in [-0.3, -0.25) is 4.79 Å². The van der Waals surface area contributed by atoms with Crippen LogP contribution in [0.5, 0.6) is 5.95 Å². The van der Waals surface area contributed by atoms with Gasteiger partial charge in [-0.15, -0.1) is 0 Å². The predicted molar refractivity (Wildman–Crippen MR) is 99.9 cm³/mol. The molecule has 3 heteroatoms. The summed E-state index contributed by atoms with van der Waals surface area (Å²) in [7, 11) is 0. The van der Waals surface area contributed by atoms with Crippen LogP contribution in [0.25, 0.3) is 0 Å². The number of hydrogen-bond acceptors (Lipinski definition) is 3. The minimum atomic E-state index is 0.0233. The topological polar surface area (TPSA) is 39.4 Å². The largest absolute Gasteiger partial charge is 0.465 e. The highest BCUT2D eigenvalue weighted by molar-refractivity contribution is 5.93. The Morgan fingerprint density at radius 2 is 1.38 bits per heavy atom. The number of ether oxygens (including phenoxy) is 1. The molecule has 0 spiro atoms. The van der Waals surface area contributed by atoms with Crippen molar-refractivity contribution in [3.63, 3.8) is 0 Å². The molecule has 0 radical (unpaired) electrons. The Bertz CT molecular complexity index is 422. The predicted octanol–water partition coefficient (Wildman–Crippen LogP) is 6.95. The number of ketones is 1. The van der Waals surface area contributed by atoms with Gasteiger partial charge in [0.25, 0.3) is 5.95 Å².